The van der Waals surface area contributed by atoms with Gasteiger partial charge in [0.25, 0.3) is 5.91 Å². The first-order valence-electron chi connectivity index (χ1n) is 7.47. The highest BCUT2D eigenvalue weighted by molar-refractivity contribution is 5.95. The Kier molecular flexibility index (Phi) is 4.73. The minimum atomic E-state index is -4.66. The molecule has 0 spiro atoms. The molecular formula is C17H20F3N3O. The molecule has 1 aromatic heterocycles. The first kappa shape index (κ1) is 18.0. The second-order valence-electron chi connectivity index (χ2n) is 6.63. The number of rotatable bonds is 3. The molecule has 0 aliphatic heterocycles. The van der Waals surface area contributed by atoms with Crippen molar-refractivity contribution in [2.75, 3.05) is 7.05 Å². The van der Waals surface area contributed by atoms with Crippen molar-refractivity contribution >= 4 is 5.91 Å². The van der Waals surface area contributed by atoms with Gasteiger partial charge in [-0.1, -0.05) is 30.3 Å². The SMILES string of the molecule is CN(Cc1ccccc1)C(=O)c1cnn(C(C)(C)C)c1C(F)(F)F. The van der Waals surface area contributed by atoms with E-state index in [2.05, 4.69) is 5.10 Å². The summed E-state index contributed by atoms with van der Waals surface area (Å²) >= 11 is 0. The number of hydrogen-bond acceptors (Lipinski definition) is 2. The second-order valence-corrected chi connectivity index (χ2v) is 6.63. The van der Waals surface area contributed by atoms with Crippen LogP contribution >= 0.6 is 0 Å². The zero-order valence-electron chi connectivity index (χ0n) is 14.1. The fourth-order valence-corrected chi connectivity index (χ4v) is 2.42. The molecule has 0 bridgehead atoms. The van der Waals surface area contributed by atoms with E-state index in [4.69, 9.17) is 0 Å². The largest absolute Gasteiger partial charge is 0.433 e. The maximum absolute atomic E-state index is 13.5. The number of alkyl halides is 3. The van der Waals surface area contributed by atoms with Gasteiger partial charge in [0, 0.05) is 13.6 Å². The van der Waals surface area contributed by atoms with Crippen molar-refractivity contribution in [3.63, 3.8) is 0 Å². The van der Waals surface area contributed by atoms with Crippen molar-refractivity contribution in [1.29, 1.82) is 0 Å². The monoisotopic (exact) mass is 339 g/mol. The average molecular weight is 339 g/mol. The van der Waals surface area contributed by atoms with Gasteiger partial charge < -0.3 is 4.90 Å². The molecule has 0 radical (unpaired) electrons. The van der Waals surface area contributed by atoms with Crippen LogP contribution in [0.1, 0.15) is 42.4 Å². The zero-order chi connectivity index (χ0) is 18.1. The Labute approximate surface area is 138 Å². The summed E-state index contributed by atoms with van der Waals surface area (Å²) in [5.74, 6) is -0.707. The van der Waals surface area contributed by atoms with Gasteiger partial charge in [0.1, 0.15) is 0 Å². The van der Waals surface area contributed by atoms with Crippen molar-refractivity contribution in [2.24, 2.45) is 0 Å². The van der Waals surface area contributed by atoms with E-state index in [1.54, 1.807) is 20.8 Å². The van der Waals surface area contributed by atoms with E-state index in [1.165, 1.54) is 11.9 Å². The Hall–Kier alpha value is -2.31. The van der Waals surface area contributed by atoms with Crippen molar-refractivity contribution in [3.8, 4) is 0 Å². The summed E-state index contributed by atoms with van der Waals surface area (Å²) in [5, 5.41) is 3.81. The molecule has 0 fully saturated rings. The summed E-state index contributed by atoms with van der Waals surface area (Å²) in [6, 6.07) is 9.08. The average Bonchev–Trinajstić information content (AvgIpc) is 2.92. The molecule has 0 saturated carbocycles. The molecule has 0 atom stereocenters. The molecule has 1 amide bonds. The smallest absolute Gasteiger partial charge is 0.337 e. The first-order valence-corrected chi connectivity index (χ1v) is 7.47. The quantitative estimate of drug-likeness (QED) is 0.850. The summed E-state index contributed by atoms with van der Waals surface area (Å²) in [6.07, 6.45) is -3.67. The van der Waals surface area contributed by atoms with Gasteiger partial charge in [-0.25, -0.2) is 0 Å². The molecule has 0 N–H and O–H groups in total. The molecule has 0 aliphatic rings. The fourth-order valence-electron chi connectivity index (χ4n) is 2.42. The Morgan fingerprint density at radius 3 is 2.25 bits per heavy atom. The normalized spacial score (nSPS) is 12.3. The molecule has 2 aromatic rings. The van der Waals surface area contributed by atoms with E-state index in [0.717, 1.165) is 16.4 Å². The lowest BCUT2D eigenvalue weighted by Crippen LogP contribution is -2.32. The Morgan fingerprint density at radius 1 is 1.17 bits per heavy atom. The van der Waals surface area contributed by atoms with E-state index in [0.29, 0.717) is 0 Å². The van der Waals surface area contributed by atoms with Gasteiger partial charge in [-0.2, -0.15) is 18.3 Å². The molecule has 1 aromatic carbocycles. The summed E-state index contributed by atoms with van der Waals surface area (Å²) < 4.78 is 41.3. The number of carbonyl (C=O) groups is 1. The highest BCUT2D eigenvalue weighted by Crippen LogP contribution is 2.35. The number of amides is 1. The van der Waals surface area contributed by atoms with Crippen LogP contribution in [0.4, 0.5) is 13.2 Å². The molecule has 24 heavy (non-hydrogen) atoms. The maximum atomic E-state index is 13.5. The van der Waals surface area contributed by atoms with Crippen molar-refractivity contribution in [1.82, 2.24) is 14.7 Å². The number of aromatic nitrogens is 2. The predicted octanol–water partition coefficient (Wildman–Crippen LogP) is 3.93. The van der Waals surface area contributed by atoms with Crippen molar-refractivity contribution in [3.05, 3.63) is 53.3 Å². The lowest BCUT2D eigenvalue weighted by Gasteiger charge is -2.24. The first-order chi connectivity index (χ1) is 11.0. The number of benzene rings is 1. The van der Waals surface area contributed by atoms with E-state index in [1.807, 2.05) is 30.3 Å². The van der Waals surface area contributed by atoms with Crippen LogP contribution < -0.4 is 0 Å². The molecule has 0 unspecified atom stereocenters. The maximum Gasteiger partial charge on any atom is 0.433 e. The Morgan fingerprint density at radius 2 is 1.75 bits per heavy atom. The highest BCUT2D eigenvalue weighted by atomic mass is 19.4. The Balaban J connectivity index is 2.37. The van der Waals surface area contributed by atoms with E-state index in [-0.39, 0.29) is 6.54 Å². The molecule has 2 rings (SSSR count). The topological polar surface area (TPSA) is 38.1 Å². The lowest BCUT2D eigenvalue weighted by molar-refractivity contribution is -0.146. The van der Waals surface area contributed by atoms with Gasteiger partial charge in [0.05, 0.1) is 17.3 Å². The summed E-state index contributed by atoms with van der Waals surface area (Å²) in [4.78, 5) is 13.8. The number of hydrogen-bond donors (Lipinski definition) is 0. The summed E-state index contributed by atoms with van der Waals surface area (Å²) in [5.41, 5.74) is -1.50. The van der Waals surface area contributed by atoms with Gasteiger partial charge in [-0.05, 0) is 26.3 Å². The van der Waals surface area contributed by atoms with Gasteiger partial charge in [-0.3, -0.25) is 9.48 Å². The van der Waals surface area contributed by atoms with Crippen LogP contribution in [-0.2, 0) is 18.3 Å². The number of nitrogens with zero attached hydrogens (tertiary/aromatic N) is 3. The van der Waals surface area contributed by atoms with Crippen LogP contribution in [0.15, 0.2) is 36.5 Å². The molecule has 130 valence electrons. The van der Waals surface area contributed by atoms with Crippen LogP contribution in [0.5, 0.6) is 0 Å². The lowest BCUT2D eigenvalue weighted by atomic mass is 10.1. The molecular weight excluding hydrogens is 319 g/mol. The second kappa shape index (κ2) is 6.30. The molecule has 4 nitrogen and oxygen atoms in total. The van der Waals surface area contributed by atoms with Crippen LogP contribution in [-0.4, -0.2) is 27.6 Å². The van der Waals surface area contributed by atoms with Crippen LogP contribution in [0.2, 0.25) is 0 Å². The fraction of sp³-hybridized carbons (Fsp3) is 0.412. The molecule has 1 heterocycles. The minimum absolute atomic E-state index is 0.220. The number of halogens is 3. The highest BCUT2D eigenvalue weighted by Gasteiger charge is 2.42. The van der Waals surface area contributed by atoms with Gasteiger partial charge in [0.2, 0.25) is 0 Å². The standard InChI is InChI=1S/C17H20F3N3O/c1-16(2,3)23-14(17(18,19)20)13(10-21-23)15(24)22(4)11-12-8-6-5-7-9-12/h5-10H,11H2,1-4H3. The van der Waals surface area contributed by atoms with Gasteiger partial charge in [-0.15, -0.1) is 0 Å². The summed E-state index contributed by atoms with van der Waals surface area (Å²) in [7, 11) is 1.48. The van der Waals surface area contributed by atoms with Crippen LogP contribution in [0.25, 0.3) is 0 Å². The molecule has 0 aliphatic carbocycles. The zero-order valence-corrected chi connectivity index (χ0v) is 14.1. The van der Waals surface area contributed by atoms with E-state index in [9.17, 15) is 18.0 Å². The van der Waals surface area contributed by atoms with Crippen LogP contribution in [0, 0.1) is 0 Å². The van der Waals surface area contributed by atoms with Gasteiger partial charge >= 0.3 is 6.18 Å². The van der Waals surface area contributed by atoms with E-state index < -0.39 is 28.9 Å². The third-order valence-electron chi connectivity index (χ3n) is 3.51. The van der Waals surface area contributed by atoms with Crippen molar-refractivity contribution < 1.29 is 18.0 Å². The minimum Gasteiger partial charge on any atom is -0.337 e. The third kappa shape index (κ3) is 3.77. The van der Waals surface area contributed by atoms with E-state index >= 15 is 0 Å². The Bertz CT molecular complexity index is 715. The molecule has 0 saturated heterocycles. The van der Waals surface area contributed by atoms with Gasteiger partial charge in [0.15, 0.2) is 5.69 Å². The van der Waals surface area contributed by atoms with Crippen molar-refractivity contribution in [2.45, 2.75) is 39.0 Å². The number of carbonyl (C=O) groups excluding carboxylic acids is 1. The molecule has 7 heteroatoms. The van der Waals surface area contributed by atoms with Crippen LogP contribution in [0.3, 0.4) is 0 Å². The summed E-state index contributed by atoms with van der Waals surface area (Å²) in [6.45, 7) is 5.04. The third-order valence-corrected chi connectivity index (χ3v) is 3.51. The predicted molar refractivity (Wildman–Crippen MR) is 84.5 cm³/mol.